The Morgan fingerprint density at radius 1 is 1.75 bits per heavy atom. The van der Waals surface area contributed by atoms with Gasteiger partial charge in [0.15, 0.2) is 0 Å². The average molecular weight is 175 g/mol. The van der Waals surface area contributed by atoms with E-state index in [0.717, 1.165) is 0 Å². The first-order valence-corrected chi connectivity index (χ1v) is 3.25. The zero-order chi connectivity index (χ0) is 5.98. The molecule has 0 aromatic heterocycles. The van der Waals surface area contributed by atoms with Crippen LogP contribution in [0.2, 0.25) is 0 Å². The minimum Gasteiger partial charge on any atom is -0.386 e. The van der Waals surface area contributed by atoms with E-state index in [1.807, 2.05) is 18.2 Å². The normalized spacial score (nSPS) is 26.6. The summed E-state index contributed by atoms with van der Waals surface area (Å²) >= 11 is 3.31. The molecule has 1 rings (SSSR count). The Bertz CT molecular complexity index is 139. The van der Waals surface area contributed by atoms with Crippen LogP contribution in [-0.2, 0) is 0 Å². The number of dihydropyridines is 1. The first-order chi connectivity index (χ1) is 3.79. The molecule has 8 heavy (non-hydrogen) atoms. The van der Waals surface area contributed by atoms with E-state index in [1.54, 1.807) is 0 Å². The molecule has 0 radical (unpaired) electrons. The minimum absolute atomic E-state index is 0.201. The van der Waals surface area contributed by atoms with Crippen molar-refractivity contribution in [3.8, 4) is 0 Å². The van der Waals surface area contributed by atoms with Crippen LogP contribution in [0, 0.1) is 0 Å². The molecule has 1 aliphatic heterocycles. The van der Waals surface area contributed by atoms with Crippen LogP contribution in [0.15, 0.2) is 24.0 Å². The lowest BCUT2D eigenvalue weighted by molar-refractivity contribution is 0.840. The summed E-state index contributed by atoms with van der Waals surface area (Å²) in [5.41, 5.74) is 5.39. The molecule has 44 valence electrons. The van der Waals surface area contributed by atoms with Gasteiger partial charge in [0.05, 0.1) is 5.82 Å². The van der Waals surface area contributed by atoms with Gasteiger partial charge in [-0.3, -0.25) is 0 Å². The number of hydrogen-bond acceptors (Lipinski definition) is 2. The van der Waals surface area contributed by atoms with Gasteiger partial charge in [-0.2, -0.15) is 0 Å². The molecular formula is C5H7BrN2. The molecular weight excluding hydrogens is 168 g/mol. The van der Waals surface area contributed by atoms with Crippen molar-refractivity contribution in [2.24, 2.45) is 5.73 Å². The molecule has 0 aromatic carbocycles. The van der Waals surface area contributed by atoms with Crippen LogP contribution < -0.4 is 11.1 Å². The van der Waals surface area contributed by atoms with Crippen LogP contribution in [0.25, 0.3) is 0 Å². The average Bonchev–Trinajstić information content (AvgIpc) is 1.64. The Kier molecular flexibility index (Phi) is 1.58. The molecule has 0 fully saturated rings. The van der Waals surface area contributed by atoms with E-state index in [2.05, 4.69) is 21.2 Å². The van der Waals surface area contributed by atoms with Crippen molar-refractivity contribution in [1.82, 2.24) is 5.32 Å². The van der Waals surface area contributed by atoms with Crippen molar-refractivity contribution in [3.05, 3.63) is 24.0 Å². The number of halogens is 1. The van der Waals surface area contributed by atoms with E-state index in [9.17, 15) is 0 Å². The van der Waals surface area contributed by atoms with Gasteiger partial charge in [-0.25, -0.2) is 0 Å². The van der Waals surface area contributed by atoms with Gasteiger partial charge in [0.25, 0.3) is 0 Å². The van der Waals surface area contributed by atoms with Crippen LogP contribution >= 0.6 is 15.9 Å². The Hall–Kier alpha value is -0.440. The largest absolute Gasteiger partial charge is 0.386 e. The van der Waals surface area contributed by atoms with E-state index in [1.165, 1.54) is 0 Å². The fourth-order valence-electron chi connectivity index (χ4n) is 0.512. The predicted molar refractivity (Wildman–Crippen MR) is 37.3 cm³/mol. The molecule has 1 aliphatic rings. The second kappa shape index (κ2) is 2.22. The molecule has 0 aromatic rings. The summed E-state index contributed by atoms with van der Waals surface area (Å²) < 4.78 is 0. The Labute approximate surface area is 56.6 Å². The minimum atomic E-state index is 0.201. The van der Waals surface area contributed by atoms with Crippen LogP contribution in [0.1, 0.15) is 0 Å². The van der Waals surface area contributed by atoms with E-state index in [4.69, 9.17) is 5.73 Å². The maximum atomic E-state index is 5.39. The molecule has 0 saturated carbocycles. The Morgan fingerprint density at radius 3 is 2.88 bits per heavy atom. The van der Waals surface area contributed by atoms with Crippen LogP contribution in [-0.4, -0.2) is 4.95 Å². The molecule has 0 amide bonds. The van der Waals surface area contributed by atoms with Gasteiger partial charge in [0.2, 0.25) is 0 Å². The third-order valence-corrected chi connectivity index (χ3v) is 1.39. The Morgan fingerprint density at radius 2 is 2.50 bits per heavy atom. The molecule has 0 spiro atoms. The van der Waals surface area contributed by atoms with Crippen molar-refractivity contribution in [2.45, 2.75) is 4.95 Å². The number of rotatable bonds is 0. The van der Waals surface area contributed by atoms with Gasteiger partial charge in [-0.15, -0.1) is 0 Å². The van der Waals surface area contributed by atoms with Gasteiger partial charge in [0, 0.05) is 0 Å². The highest BCUT2D eigenvalue weighted by Gasteiger charge is 1.99. The molecule has 1 unspecified atom stereocenters. The van der Waals surface area contributed by atoms with Crippen molar-refractivity contribution in [1.29, 1.82) is 0 Å². The molecule has 3 heteroatoms. The fraction of sp³-hybridized carbons (Fsp3) is 0.200. The van der Waals surface area contributed by atoms with Gasteiger partial charge in [0.1, 0.15) is 4.95 Å². The van der Waals surface area contributed by atoms with Gasteiger partial charge in [-0.1, -0.05) is 28.1 Å². The third-order valence-electron chi connectivity index (χ3n) is 0.860. The lowest BCUT2D eigenvalue weighted by Crippen LogP contribution is -2.27. The third kappa shape index (κ3) is 1.26. The SMILES string of the molecule is NC1=CC=CC(Br)N1. The van der Waals surface area contributed by atoms with Crippen molar-refractivity contribution < 1.29 is 0 Å². The van der Waals surface area contributed by atoms with Crippen LogP contribution in [0.5, 0.6) is 0 Å². The molecule has 1 heterocycles. The summed E-state index contributed by atoms with van der Waals surface area (Å²) in [5, 5.41) is 2.95. The molecule has 2 nitrogen and oxygen atoms in total. The summed E-state index contributed by atoms with van der Waals surface area (Å²) in [4.78, 5) is 0.201. The maximum absolute atomic E-state index is 5.39. The Balaban J connectivity index is 2.59. The number of hydrogen-bond donors (Lipinski definition) is 2. The monoisotopic (exact) mass is 174 g/mol. The van der Waals surface area contributed by atoms with E-state index in [0.29, 0.717) is 5.82 Å². The summed E-state index contributed by atoms with van der Waals surface area (Å²) in [6, 6.07) is 0. The van der Waals surface area contributed by atoms with Crippen molar-refractivity contribution in [2.75, 3.05) is 0 Å². The summed E-state index contributed by atoms with van der Waals surface area (Å²) in [7, 11) is 0. The van der Waals surface area contributed by atoms with Crippen LogP contribution in [0.3, 0.4) is 0 Å². The summed E-state index contributed by atoms with van der Waals surface area (Å²) in [6.07, 6.45) is 5.69. The quantitative estimate of drug-likeness (QED) is 0.419. The highest BCUT2D eigenvalue weighted by atomic mass is 79.9. The van der Waals surface area contributed by atoms with Crippen molar-refractivity contribution >= 4 is 15.9 Å². The predicted octanol–water partition coefficient (Wildman–Crippen LogP) is 0.667. The van der Waals surface area contributed by atoms with Crippen LogP contribution in [0.4, 0.5) is 0 Å². The smallest absolute Gasteiger partial charge is 0.102 e. The maximum Gasteiger partial charge on any atom is 0.102 e. The summed E-state index contributed by atoms with van der Waals surface area (Å²) in [6.45, 7) is 0. The van der Waals surface area contributed by atoms with Gasteiger partial charge < -0.3 is 11.1 Å². The van der Waals surface area contributed by atoms with Crippen molar-refractivity contribution in [3.63, 3.8) is 0 Å². The van der Waals surface area contributed by atoms with E-state index < -0.39 is 0 Å². The second-order valence-corrected chi connectivity index (χ2v) is 2.54. The van der Waals surface area contributed by atoms with Gasteiger partial charge >= 0.3 is 0 Å². The lowest BCUT2D eigenvalue weighted by atomic mass is 10.4. The molecule has 0 bridgehead atoms. The second-order valence-electron chi connectivity index (χ2n) is 1.55. The van der Waals surface area contributed by atoms with E-state index >= 15 is 0 Å². The molecule has 0 saturated heterocycles. The number of nitrogens with two attached hydrogens (primary N) is 1. The number of allylic oxidation sites excluding steroid dienone is 2. The molecule has 1 atom stereocenters. The number of nitrogens with one attached hydrogen (secondary N) is 1. The fourth-order valence-corrected chi connectivity index (χ4v) is 0.953. The standard InChI is InChI=1S/C5H7BrN2/c6-4-2-1-3-5(7)8-4/h1-4,8H,7H2. The summed E-state index contributed by atoms with van der Waals surface area (Å²) in [5.74, 6) is 0.703. The molecule has 3 N–H and O–H groups in total. The topological polar surface area (TPSA) is 38.0 Å². The zero-order valence-corrected chi connectivity index (χ0v) is 5.85. The first kappa shape index (κ1) is 5.69. The van der Waals surface area contributed by atoms with Gasteiger partial charge in [-0.05, 0) is 6.08 Å². The zero-order valence-electron chi connectivity index (χ0n) is 4.26. The highest BCUT2D eigenvalue weighted by molar-refractivity contribution is 9.09. The molecule has 0 aliphatic carbocycles. The lowest BCUT2D eigenvalue weighted by Gasteiger charge is -2.11. The number of alkyl halides is 1. The first-order valence-electron chi connectivity index (χ1n) is 2.33. The highest BCUT2D eigenvalue weighted by Crippen LogP contribution is 2.02. The van der Waals surface area contributed by atoms with E-state index in [-0.39, 0.29) is 4.95 Å².